The largest absolute Gasteiger partial charge is 0.379 e. The minimum absolute atomic E-state index is 0.210. The number of likely N-dealkylation sites (tertiary alicyclic amines) is 2. The van der Waals surface area contributed by atoms with Gasteiger partial charge in [0.2, 0.25) is 0 Å². The average Bonchev–Trinajstić information content (AvgIpc) is 2.61. The van der Waals surface area contributed by atoms with Gasteiger partial charge in [-0.3, -0.25) is 4.79 Å². The van der Waals surface area contributed by atoms with Crippen molar-refractivity contribution in [2.45, 2.75) is 43.9 Å². The summed E-state index contributed by atoms with van der Waals surface area (Å²) in [7, 11) is 2.11. The number of nitrogens with one attached hydrogen (secondary N) is 1. The number of amides is 1. The maximum Gasteiger partial charge on any atom is 0.256 e. The molecule has 138 valence electrons. The van der Waals surface area contributed by atoms with E-state index >= 15 is 0 Å². The van der Waals surface area contributed by atoms with Crippen molar-refractivity contribution in [1.82, 2.24) is 15.1 Å². The summed E-state index contributed by atoms with van der Waals surface area (Å²) in [6.45, 7) is 3.10. The zero-order valence-corrected chi connectivity index (χ0v) is 14.9. The second-order valence-electron chi connectivity index (χ2n) is 7.41. The Morgan fingerprint density at radius 2 is 2.00 bits per heavy atom. The van der Waals surface area contributed by atoms with E-state index in [1.54, 1.807) is 23.1 Å². The predicted molar refractivity (Wildman–Crippen MR) is 94.5 cm³/mol. The molecule has 1 amide bonds. The molecule has 25 heavy (non-hydrogen) atoms. The zero-order valence-electron chi connectivity index (χ0n) is 14.9. The van der Waals surface area contributed by atoms with Gasteiger partial charge in [-0.15, -0.1) is 0 Å². The van der Waals surface area contributed by atoms with Gasteiger partial charge >= 0.3 is 0 Å². The van der Waals surface area contributed by atoms with Gasteiger partial charge in [0.25, 0.3) is 5.91 Å². The van der Waals surface area contributed by atoms with Crippen LogP contribution in [0.5, 0.6) is 0 Å². The number of aliphatic hydroxyl groups is 1. The molecule has 0 bridgehead atoms. The molecule has 2 fully saturated rings. The quantitative estimate of drug-likeness (QED) is 0.843. The Hall–Kier alpha value is -1.50. The van der Waals surface area contributed by atoms with Gasteiger partial charge in [-0.1, -0.05) is 18.2 Å². The first kappa shape index (κ1) is 18.3. The van der Waals surface area contributed by atoms with Crippen molar-refractivity contribution in [3.05, 3.63) is 35.6 Å². The Bertz CT molecular complexity index is 604. The van der Waals surface area contributed by atoms with E-state index in [1.165, 1.54) is 6.07 Å². The van der Waals surface area contributed by atoms with Gasteiger partial charge in [-0.05, 0) is 51.9 Å². The van der Waals surface area contributed by atoms with Gasteiger partial charge in [-0.25, -0.2) is 4.39 Å². The zero-order chi connectivity index (χ0) is 17.9. The van der Waals surface area contributed by atoms with Crippen molar-refractivity contribution in [2.75, 3.05) is 33.2 Å². The third-order valence-corrected chi connectivity index (χ3v) is 5.42. The Morgan fingerprint density at radius 1 is 1.28 bits per heavy atom. The van der Waals surface area contributed by atoms with Crippen molar-refractivity contribution >= 4 is 5.91 Å². The number of hydrogen-bond donors (Lipinski definition) is 2. The highest BCUT2D eigenvalue weighted by Gasteiger charge is 2.42. The van der Waals surface area contributed by atoms with E-state index in [4.69, 9.17) is 0 Å². The Balaban J connectivity index is 1.59. The molecular weight excluding hydrogens is 321 g/mol. The van der Waals surface area contributed by atoms with Crippen molar-refractivity contribution in [2.24, 2.45) is 0 Å². The van der Waals surface area contributed by atoms with Crippen molar-refractivity contribution in [3.8, 4) is 0 Å². The number of hydrogen-bond acceptors (Lipinski definition) is 4. The Labute approximate surface area is 148 Å². The van der Waals surface area contributed by atoms with Crippen molar-refractivity contribution < 1.29 is 14.3 Å². The van der Waals surface area contributed by atoms with Gasteiger partial charge in [0.1, 0.15) is 5.82 Å². The second kappa shape index (κ2) is 7.81. The van der Waals surface area contributed by atoms with E-state index < -0.39 is 5.60 Å². The molecule has 2 saturated heterocycles. The van der Waals surface area contributed by atoms with Crippen LogP contribution in [0.2, 0.25) is 0 Å². The maximum atomic E-state index is 13.9. The summed E-state index contributed by atoms with van der Waals surface area (Å²) in [5, 5.41) is 14.3. The smallest absolute Gasteiger partial charge is 0.256 e. The van der Waals surface area contributed by atoms with Gasteiger partial charge in [0.05, 0.1) is 0 Å². The van der Waals surface area contributed by atoms with Gasteiger partial charge in [0.15, 0.2) is 5.60 Å². The molecule has 6 heteroatoms. The molecule has 0 radical (unpaired) electrons. The monoisotopic (exact) mass is 349 g/mol. The van der Waals surface area contributed by atoms with Crippen LogP contribution in [0.15, 0.2) is 24.3 Å². The minimum Gasteiger partial charge on any atom is -0.379 e. The van der Waals surface area contributed by atoms with Crippen LogP contribution in [-0.2, 0) is 11.3 Å². The summed E-state index contributed by atoms with van der Waals surface area (Å²) < 4.78 is 13.9. The van der Waals surface area contributed by atoms with Crippen LogP contribution in [0.3, 0.4) is 0 Å². The number of halogens is 1. The molecule has 2 heterocycles. The topological polar surface area (TPSA) is 55.8 Å². The number of rotatable bonds is 5. The summed E-state index contributed by atoms with van der Waals surface area (Å²) in [5.74, 6) is -0.601. The number of nitrogens with zero attached hydrogens (tertiary/aromatic N) is 2. The molecule has 1 aromatic carbocycles. The Kier molecular flexibility index (Phi) is 5.71. The molecule has 1 aromatic rings. The van der Waals surface area contributed by atoms with Gasteiger partial charge in [0, 0.05) is 31.2 Å². The molecular formula is C19H28FN3O2. The minimum atomic E-state index is -1.38. The van der Waals surface area contributed by atoms with Crippen LogP contribution in [-0.4, -0.2) is 65.7 Å². The predicted octanol–water partition coefficient (Wildman–Crippen LogP) is 1.36. The van der Waals surface area contributed by atoms with Gasteiger partial charge in [-0.2, -0.15) is 0 Å². The molecule has 0 unspecified atom stereocenters. The maximum absolute atomic E-state index is 13.9. The third-order valence-electron chi connectivity index (χ3n) is 5.42. The molecule has 0 aromatic heterocycles. The standard InChI is InChI=1S/C19H28FN3O2/c1-22-11-7-16(8-12-22)21-14-19(25)9-4-10-23(18(19)24)13-15-5-2-3-6-17(15)20/h2-3,5-6,16,21,25H,4,7-14H2,1H3/t19-/m1/s1. The average molecular weight is 349 g/mol. The van der Waals surface area contributed by atoms with Crippen LogP contribution in [0.1, 0.15) is 31.2 Å². The lowest BCUT2D eigenvalue weighted by Crippen LogP contribution is -2.59. The van der Waals surface area contributed by atoms with E-state index in [2.05, 4.69) is 17.3 Å². The van der Waals surface area contributed by atoms with E-state index in [9.17, 15) is 14.3 Å². The lowest BCUT2D eigenvalue weighted by Gasteiger charge is -2.40. The lowest BCUT2D eigenvalue weighted by molar-refractivity contribution is -0.157. The SMILES string of the molecule is CN1CCC(NC[C@]2(O)CCCN(Cc3ccccc3F)C2=O)CC1. The van der Waals surface area contributed by atoms with Crippen LogP contribution in [0, 0.1) is 5.82 Å². The van der Waals surface area contributed by atoms with Crippen molar-refractivity contribution in [1.29, 1.82) is 0 Å². The van der Waals surface area contributed by atoms with Crippen molar-refractivity contribution in [3.63, 3.8) is 0 Å². The number of piperidine rings is 2. The normalized spacial score (nSPS) is 26.2. The van der Waals surface area contributed by atoms with E-state index in [-0.39, 0.29) is 24.8 Å². The second-order valence-corrected chi connectivity index (χ2v) is 7.41. The summed E-state index contributed by atoms with van der Waals surface area (Å²) in [6.07, 6.45) is 3.24. The fourth-order valence-corrected chi connectivity index (χ4v) is 3.74. The highest BCUT2D eigenvalue weighted by Crippen LogP contribution is 2.25. The molecule has 1 atom stereocenters. The highest BCUT2D eigenvalue weighted by atomic mass is 19.1. The molecule has 2 aliphatic heterocycles. The summed E-state index contributed by atoms with van der Waals surface area (Å²) in [4.78, 5) is 16.7. The molecule has 0 saturated carbocycles. The molecule has 2 aliphatic rings. The number of benzene rings is 1. The van der Waals surface area contributed by atoms with Crippen LogP contribution >= 0.6 is 0 Å². The van der Waals surface area contributed by atoms with E-state index in [0.717, 1.165) is 32.4 Å². The van der Waals surface area contributed by atoms with Gasteiger partial charge < -0.3 is 20.2 Å². The molecule has 2 N–H and O–H groups in total. The number of carbonyl (C=O) groups is 1. The summed E-state index contributed by atoms with van der Waals surface area (Å²) >= 11 is 0. The fraction of sp³-hybridized carbons (Fsp3) is 0.632. The number of carbonyl (C=O) groups excluding carboxylic acids is 1. The lowest BCUT2D eigenvalue weighted by atomic mass is 9.90. The van der Waals surface area contributed by atoms with Crippen LogP contribution in [0.4, 0.5) is 4.39 Å². The molecule has 5 nitrogen and oxygen atoms in total. The molecule has 0 spiro atoms. The molecule has 3 rings (SSSR count). The van der Waals surface area contributed by atoms with Crippen LogP contribution in [0.25, 0.3) is 0 Å². The van der Waals surface area contributed by atoms with E-state index in [0.29, 0.717) is 24.6 Å². The summed E-state index contributed by atoms with van der Waals surface area (Å²) in [5.41, 5.74) is -0.893. The first-order valence-electron chi connectivity index (χ1n) is 9.15. The molecule has 0 aliphatic carbocycles. The summed E-state index contributed by atoms with van der Waals surface area (Å²) in [6, 6.07) is 6.83. The fourth-order valence-electron chi connectivity index (χ4n) is 3.74. The third kappa shape index (κ3) is 4.37. The first-order valence-corrected chi connectivity index (χ1v) is 9.15. The first-order chi connectivity index (χ1) is 12.0. The Morgan fingerprint density at radius 3 is 2.72 bits per heavy atom. The van der Waals surface area contributed by atoms with Crippen LogP contribution < -0.4 is 5.32 Å². The van der Waals surface area contributed by atoms with E-state index in [1.807, 2.05) is 0 Å². The highest BCUT2D eigenvalue weighted by molar-refractivity contribution is 5.86.